The van der Waals surface area contributed by atoms with Crippen LogP contribution in [0.4, 0.5) is 0 Å². The Bertz CT molecular complexity index is 206. The molecule has 0 saturated heterocycles. The molecule has 0 aromatic carbocycles. The first-order valence-electron chi connectivity index (χ1n) is 5.10. The van der Waals surface area contributed by atoms with E-state index in [1.165, 1.54) is 0 Å². The maximum Gasteiger partial charge on any atom is 0.305 e. The second kappa shape index (κ2) is 8.23. The van der Waals surface area contributed by atoms with Crippen molar-refractivity contribution in [2.45, 2.75) is 26.2 Å². The molecule has 5 nitrogen and oxygen atoms in total. The molecule has 0 aliphatic rings. The molecule has 15 heavy (non-hydrogen) atoms. The van der Waals surface area contributed by atoms with Gasteiger partial charge < -0.3 is 14.7 Å². The Balaban J connectivity index is 3.82. The number of ether oxygens (including phenoxy) is 1. The van der Waals surface area contributed by atoms with E-state index in [1.807, 2.05) is 6.92 Å². The van der Waals surface area contributed by atoms with Crippen molar-refractivity contribution in [2.24, 2.45) is 0 Å². The average Bonchev–Trinajstić information content (AvgIpc) is 2.18. The van der Waals surface area contributed by atoms with Crippen molar-refractivity contribution >= 4 is 11.9 Å². The Morgan fingerprint density at radius 3 is 2.47 bits per heavy atom. The molecule has 0 aliphatic carbocycles. The van der Waals surface area contributed by atoms with Crippen molar-refractivity contribution in [3.63, 3.8) is 0 Å². The molecular weight excluding hydrogens is 198 g/mol. The van der Waals surface area contributed by atoms with Gasteiger partial charge in [-0.1, -0.05) is 0 Å². The number of rotatable bonds is 8. The Morgan fingerprint density at radius 2 is 2.00 bits per heavy atom. The first-order valence-corrected chi connectivity index (χ1v) is 5.10. The van der Waals surface area contributed by atoms with Gasteiger partial charge in [-0.2, -0.15) is 0 Å². The first-order chi connectivity index (χ1) is 7.11. The van der Waals surface area contributed by atoms with Gasteiger partial charge in [-0.15, -0.1) is 0 Å². The van der Waals surface area contributed by atoms with Crippen LogP contribution in [-0.2, 0) is 14.3 Å². The molecule has 0 aliphatic heterocycles. The molecule has 0 fully saturated rings. The summed E-state index contributed by atoms with van der Waals surface area (Å²) in [7, 11) is 1.59. The van der Waals surface area contributed by atoms with E-state index in [2.05, 4.69) is 0 Å². The molecule has 0 rings (SSSR count). The number of hydrogen-bond donors (Lipinski definition) is 1. The molecule has 0 bridgehead atoms. The van der Waals surface area contributed by atoms with Gasteiger partial charge in [-0.05, 0) is 13.3 Å². The van der Waals surface area contributed by atoms with Crippen LogP contribution in [0.1, 0.15) is 26.2 Å². The quantitative estimate of drug-likeness (QED) is 0.609. The minimum absolute atomic E-state index is 0.00383. The average molecular weight is 217 g/mol. The largest absolute Gasteiger partial charge is 0.481 e. The van der Waals surface area contributed by atoms with Gasteiger partial charge in [0.15, 0.2) is 0 Å². The van der Waals surface area contributed by atoms with Crippen molar-refractivity contribution in [1.82, 2.24) is 4.90 Å². The fourth-order valence-corrected chi connectivity index (χ4v) is 1.22. The van der Waals surface area contributed by atoms with Crippen LogP contribution in [0.15, 0.2) is 0 Å². The van der Waals surface area contributed by atoms with Crippen LogP contribution in [0.5, 0.6) is 0 Å². The highest BCUT2D eigenvalue weighted by atomic mass is 16.5. The second-order valence-electron chi connectivity index (χ2n) is 3.21. The molecule has 0 spiro atoms. The van der Waals surface area contributed by atoms with Crippen LogP contribution < -0.4 is 0 Å². The highest BCUT2D eigenvalue weighted by Gasteiger charge is 2.12. The number of carboxylic acids is 1. The molecule has 0 atom stereocenters. The van der Waals surface area contributed by atoms with Gasteiger partial charge >= 0.3 is 5.97 Å². The van der Waals surface area contributed by atoms with Gasteiger partial charge in [0, 0.05) is 33.2 Å². The maximum atomic E-state index is 11.5. The molecule has 0 radical (unpaired) electrons. The van der Waals surface area contributed by atoms with Gasteiger partial charge in [0.1, 0.15) is 0 Å². The van der Waals surface area contributed by atoms with E-state index >= 15 is 0 Å². The molecule has 0 unspecified atom stereocenters. The molecule has 0 saturated carbocycles. The number of carboxylic acid groups (broad SMARTS) is 1. The minimum Gasteiger partial charge on any atom is -0.481 e. The maximum absolute atomic E-state index is 11.5. The zero-order valence-electron chi connectivity index (χ0n) is 9.36. The van der Waals surface area contributed by atoms with Crippen molar-refractivity contribution < 1.29 is 19.4 Å². The third-order valence-corrected chi connectivity index (χ3v) is 2.07. The summed E-state index contributed by atoms with van der Waals surface area (Å²) in [6, 6.07) is 0. The normalized spacial score (nSPS) is 10.0. The summed E-state index contributed by atoms with van der Waals surface area (Å²) in [6.07, 6.45) is 1.10. The summed E-state index contributed by atoms with van der Waals surface area (Å²) in [5.74, 6) is -0.881. The number of carbonyl (C=O) groups excluding carboxylic acids is 1. The predicted molar refractivity (Wildman–Crippen MR) is 55.6 cm³/mol. The molecule has 0 heterocycles. The fourth-order valence-electron chi connectivity index (χ4n) is 1.22. The fraction of sp³-hybridized carbons (Fsp3) is 0.800. The summed E-state index contributed by atoms with van der Waals surface area (Å²) in [4.78, 5) is 23.4. The summed E-state index contributed by atoms with van der Waals surface area (Å²) in [6.45, 7) is 3.25. The Morgan fingerprint density at radius 1 is 1.33 bits per heavy atom. The summed E-state index contributed by atoms with van der Waals surface area (Å²) >= 11 is 0. The summed E-state index contributed by atoms with van der Waals surface area (Å²) in [5.41, 5.74) is 0. The third kappa shape index (κ3) is 6.90. The number of hydrogen-bond acceptors (Lipinski definition) is 3. The van der Waals surface area contributed by atoms with Crippen LogP contribution in [0, 0.1) is 0 Å². The van der Waals surface area contributed by atoms with Crippen LogP contribution in [0.25, 0.3) is 0 Å². The predicted octanol–water partition coefficient (Wildman–Crippen LogP) is 0.736. The first kappa shape index (κ1) is 13.9. The Kier molecular flexibility index (Phi) is 7.62. The van der Waals surface area contributed by atoms with Crippen molar-refractivity contribution in [3.8, 4) is 0 Å². The van der Waals surface area contributed by atoms with Crippen LogP contribution in [-0.4, -0.2) is 48.7 Å². The van der Waals surface area contributed by atoms with Crippen LogP contribution in [0.3, 0.4) is 0 Å². The molecule has 1 amide bonds. The van der Waals surface area contributed by atoms with E-state index in [1.54, 1.807) is 12.0 Å². The van der Waals surface area contributed by atoms with Crippen molar-refractivity contribution in [1.29, 1.82) is 0 Å². The standard InChI is InChI=1S/C10H19NO4/c1-3-11(7-6-10(13)14)9(12)5-4-8-15-2/h3-8H2,1-2H3,(H,13,14). The number of amides is 1. The summed E-state index contributed by atoms with van der Waals surface area (Å²) < 4.78 is 4.84. The number of carbonyl (C=O) groups is 2. The topological polar surface area (TPSA) is 66.8 Å². The van der Waals surface area contributed by atoms with Crippen molar-refractivity contribution in [3.05, 3.63) is 0 Å². The lowest BCUT2D eigenvalue weighted by Crippen LogP contribution is -2.32. The highest BCUT2D eigenvalue weighted by Crippen LogP contribution is 1.99. The molecular formula is C10H19NO4. The molecule has 0 aromatic rings. The minimum atomic E-state index is -0.877. The van der Waals surface area contributed by atoms with E-state index < -0.39 is 5.97 Å². The SMILES string of the molecule is CCN(CCC(=O)O)C(=O)CCCOC. The molecule has 0 aromatic heterocycles. The lowest BCUT2D eigenvalue weighted by atomic mass is 10.2. The Labute approximate surface area is 90.0 Å². The van der Waals surface area contributed by atoms with Gasteiger partial charge in [-0.25, -0.2) is 0 Å². The van der Waals surface area contributed by atoms with E-state index in [4.69, 9.17) is 9.84 Å². The number of aliphatic carboxylic acids is 1. The zero-order valence-corrected chi connectivity index (χ0v) is 9.36. The third-order valence-electron chi connectivity index (χ3n) is 2.07. The Hall–Kier alpha value is -1.10. The highest BCUT2D eigenvalue weighted by molar-refractivity contribution is 5.77. The van der Waals surface area contributed by atoms with Crippen molar-refractivity contribution in [2.75, 3.05) is 26.8 Å². The number of nitrogens with zero attached hydrogens (tertiary/aromatic N) is 1. The number of methoxy groups -OCH3 is 1. The van der Waals surface area contributed by atoms with Crippen LogP contribution in [0.2, 0.25) is 0 Å². The second-order valence-corrected chi connectivity index (χ2v) is 3.21. The van der Waals surface area contributed by atoms with Crippen LogP contribution >= 0.6 is 0 Å². The lowest BCUT2D eigenvalue weighted by Gasteiger charge is -2.19. The van der Waals surface area contributed by atoms with E-state index in [-0.39, 0.29) is 18.9 Å². The monoisotopic (exact) mass is 217 g/mol. The van der Waals surface area contributed by atoms with E-state index in [0.29, 0.717) is 26.0 Å². The molecule has 88 valence electrons. The lowest BCUT2D eigenvalue weighted by molar-refractivity contribution is -0.138. The van der Waals surface area contributed by atoms with Gasteiger partial charge in [0.25, 0.3) is 0 Å². The smallest absolute Gasteiger partial charge is 0.305 e. The van der Waals surface area contributed by atoms with E-state index in [0.717, 1.165) is 0 Å². The van der Waals surface area contributed by atoms with E-state index in [9.17, 15) is 9.59 Å². The molecule has 5 heteroatoms. The van der Waals surface area contributed by atoms with Gasteiger partial charge in [0.2, 0.25) is 5.91 Å². The van der Waals surface area contributed by atoms with Gasteiger partial charge in [-0.3, -0.25) is 9.59 Å². The zero-order chi connectivity index (χ0) is 11.7. The summed E-state index contributed by atoms with van der Waals surface area (Å²) in [5, 5.41) is 8.50. The molecule has 1 N–H and O–H groups in total. The van der Waals surface area contributed by atoms with Gasteiger partial charge in [0.05, 0.1) is 6.42 Å².